The van der Waals surface area contributed by atoms with Crippen LogP contribution < -0.4 is 49.1 Å². The van der Waals surface area contributed by atoms with E-state index in [1.54, 1.807) is 59.3 Å². The summed E-state index contributed by atoms with van der Waals surface area (Å²) in [5.41, 5.74) is 0.776. The molecule has 4 aromatic carbocycles. The minimum atomic E-state index is -0.871. The Morgan fingerprint density at radius 3 is 1.33 bits per heavy atom. The fraction of sp³-hybridized carbons (Fsp3) is 0.362. The minimum absolute atomic E-state index is 0.0490. The summed E-state index contributed by atoms with van der Waals surface area (Å²) in [6, 6.07) is 24.2. The van der Waals surface area contributed by atoms with Crippen LogP contribution in [0.5, 0.6) is 46.0 Å². The first-order valence-corrected chi connectivity index (χ1v) is 20.5. The quantitative estimate of drug-likeness (QED) is 0.0943. The Labute approximate surface area is 365 Å². The largest absolute Gasteiger partial charge is 0.493 e. The van der Waals surface area contributed by atoms with Gasteiger partial charge in [-0.15, -0.1) is 0 Å². The van der Waals surface area contributed by atoms with Gasteiger partial charge in [-0.25, -0.2) is 4.79 Å². The number of nitrogens with zero attached hydrogens (tertiary/aromatic N) is 4. The van der Waals surface area contributed by atoms with Crippen molar-refractivity contribution in [3.05, 3.63) is 129 Å². The van der Waals surface area contributed by atoms with Crippen molar-refractivity contribution in [1.29, 1.82) is 0 Å². The van der Waals surface area contributed by atoms with Gasteiger partial charge in [0.2, 0.25) is 23.7 Å². The molecule has 63 heavy (non-hydrogen) atoms. The molecule has 3 heterocycles. The maximum absolute atomic E-state index is 13.9. The molecule has 0 unspecified atom stereocenters. The molecule has 332 valence electrons. The van der Waals surface area contributed by atoms with Crippen LogP contribution >= 0.6 is 0 Å². The topological polar surface area (TPSA) is 158 Å². The van der Waals surface area contributed by atoms with Crippen molar-refractivity contribution in [3.63, 3.8) is 0 Å². The number of carbonyl (C=O) groups excluding carboxylic acids is 2. The molecule has 4 atom stereocenters. The lowest BCUT2D eigenvalue weighted by atomic mass is 9.89. The third kappa shape index (κ3) is 8.44. The number of rotatable bonds is 20. The van der Waals surface area contributed by atoms with Gasteiger partial charge in [-0.3, -0.25) is 19.0 Å². The maximum atomic E-state index is 13.9. The lowest BCUT2D eigenvalue weighted by molar-refractivity contribution is -0.164. The molecular weight excluding hydrogens is 813 g/mol. The van der Waals surface area contributed by atoms with Gasteiger partial charge in [0.1, 0.15) is 23.6 Å². The van der Waals surface area contributed by atoms with Crippen molar-refractivity contribution in [1.82, 2.24) is 18.9 Å². The fourth-order valence-electron chi connectivity index (χ4n) is 8.40. The second kappa shape index (κ2) is 19.3. The van der Waals surface area contributed by atoms with E-state index >= 15 is 0 Å². The molecule has 1 aromatic heterocycles. The van der Waals surface area contributed by atoms with Gasteiger partial charge in [-0.05, 0) is 68.3 Å². The number of carbonyl (C=O) groups is 2. The standard InChI is InChI=1S/C47H52N4O12/c1-29-28-48(24-14-25-49-36(42(45(49)53)62-30-16-10-8-11-17-30)32-20-22-34(56-2)40(60-6)38(32)58-4)47(55)51(44(29)52)27-15-26-50-37(43(46(50)54)63-31-18-12-9-13-19-31)33-21-23-35(57-3)41(61-7)39(33)59-5/h8-13,16-23,28,36-37,42-43H,14-15,24-27H2,1-7H3/t36-,37-,42+,43+/m0/s1. The summed E-state index contributed by atoms with van der Waals surface area (Å²) in [7, 11) is 9.12. The Bertz CT molecular complexity index is 2540. The van der Waals surface area contributed by atoms with E-state index in [-0.39, 0.29) is 44.4 Å². The van der Waals surface area contributed by atoms with Gasteiger partial charge in [-0.1, -0.05) is 36.4 Å². The minimum Gasteiger partial charge on any atom is -0.493 e. The van der Waals surface area contributed by atoms with Gasteiger partial charge < -0.3 is 52.3 Å². The van der Waals surface area contributed by atoms with Gasteiger partial charge in [0.25, 0.3) is 17.4 Å². The lowest BCUT2D eigenvalue weighted by Gasteiger charge is -2.47. The number of hydrogen-bond donors (Lipinski definition) is 0. The van der Waals surface area contributed by atoms with E-state index in [0.717, 1.165) is 0 Å². The molecule has 0 bridgehead atoms. The smallest absolute Gasteiger partial charge is 0.330 e. The molecule has 16 nitrogen and oxygen atoms in total. The first kappa shape index (κ1) is 44.0. The van der Waals surface area contributed by atoms with Crippen molar-refractivity contribution < 1.29 is 47.5 Å². The third-order valence-electron chi connectivity index (χ3n) is 11.4. The molecule has 5 aromatic rings. The van der Waals surface area contributed by atoms with Gasteiger partial charge >= 0.3 is 5.69 Å². The number of benzene rings is 4. The highest BCUT2D eigenvalue weighted by Gasteiger charge is 2.52. The highest BCUT2D eigenvalue weighted by atomic mass is 16.5. The predicted octanol–water partition coefficient (Wildman–Crippen LogP) is 5.21. The first-order chi connectivity index (χ1) is 30.6. The molecule has 0 N–H and O–H groups in total. The van der Waals surface area contributed by atoms with Crippen LogP contribution in [0.25, 0.3) is 0 Å². The predicted molar refractivity (Wildman–Crippen MR) is 232 cm³/mol. The van der Waals surface area contributed by atoms with Gasteiger partial charge in [0.05, 0.1) is 42.7 Å². The van der Waals surface area contributed by atoms with E-state index in [1.807, 2.05) is 48.5 Å². The summed E-state index contributed by atoms with van der Waals surface area (Å²) in [4.78, 5) is 58.3. The Morgan fingerprint density at radius 1 is 0.492 bits per heavy atom. The Balaban J connectivity index is 1.08. The SMILES string of the molecule is COc1ccc([C@H]2[C@@H](Oc3ccccc3)C(=O)N2CCCn2cc(C)c(=O)n(CCCN3C(=O)[C@H](Oc4ccccc4)[C@@H]3c3ccc(OC)c(OC)c3OC)c2=O)c(OC)c1OC. The number of likely N-dealkylation sites (tertiary alicyclic amines) is 2. The second-order valence-electron chi connectivity index (χ2n) is 15.0. The summed E-state index contributed by atoms with van der Waals surface area (Å²) >= 11 is 0. The van der Waals surface area contributed by atoms with Crippen molar-refractivity contribution >= 4 is 11.8 Å². The van der Waals surface area contributed by atoms with Crippen molar-refractivity contribution in [2.24, 2.45) is 0 Å². The Morgan fingerprint density at radius 2 is 0.921 bits per heavy atom. The van der Waals surface area contributed by atoms with Gasteiger partial charge in [-0.2, -0.15) is 0 Å². The van der Waals surface area contributed by atoms with Crippen molar-refractivity contribution in [3.8, 4) is 46.0 Å². The number of aromatic nitrogens is 2. The highest BCUT2D eigenvalue weighted by Crippen LogP contribution is 2.49. The van der Waals surface area contributed by atoms with Crippen LogP contribution in [0.4, 0.5) is 0 Å². The number of amides is 2. The molecule has 2 fully saturated rings. The molecule has 7 rings (SSSR count). The van der Waals surface area contributed by atoms with E-state index in [1.165, 1.54) is 51.8 Å². The zero-order valence-electron chi connectivity index (χ0n) is 36.4. The second-order valence-corrected chi connectivity index (χ2v) is 15.0. The first-order valence-electron chi connectivity index (χ1n) is 20.5. The normalized spacial score (nSPS) is 18.0. The molecule has 0 spiro atoms. The zero-order valence-corrected chi connectivity index (χ0v) is 36.4. The van der Waals surface area contributed by atoms with E-state index in [0.29, 0.717) is 69.1 Å². The molecule has 0 aliphatic carbocycles. The number of ether oxygens (including phenoxy) is 8. The fourth-order valence-corrected chi connectivity index (χ4v) is 8.40. The van der Waals surface area contributed by atoms with Gasteiger partial charge in [0, 0.05) is 49.1 Å². The third-order valence-corrected chi connectivity index (χ3v) is 11.4. The molecule has 2 saturated heterocycles. The summed E-state index contributed by atoms with van der Waals surface area (Å²) < 4.78 is 49.0. The number of β-lactam (4-membered cyclic amide) rings is 2. The van der Waals surface area contributed by atoms with Crippen LogP contribution in [0.15, 0.2) is 101 Å². The van der Waals surface area contributed by atoms with Crippen LogP contribution in [-0.4, -0.2) is 98.7 Å². The van der Waals surface area contributed by atoms with Crippen LogP contribution in [0.1, 0.15) is 41.6 Å². The Hall–Kier alpha value is -7.10. The average molecular weight is 865 g/mol. The average Bonchev–Trinajstić information content (AvgIpc) is 3.31. The number of methoxy groups -OCH3 is 6. The molecule has 0 radical (unpaired) electrons. The number of para-hydroxylation sites is 2. The zero-order chi connectivity index (χ0) is 44.8. The van der Waals surface area contributed by atoms with E-state index < -0.39 is 35.5 Å². The molecular formula is C47H52N4O12. The van der Waals surface area contributed by atoms with Gasteiger partial charge in [0.15, 0.2) is 23.0 Å². The molecule has 2 amide bonds. The van der Waals surface area contributed by atoms with Crippen molar-refractivity contribution in [2.45, 2.75) is 57.1 Å². The number of aryl methyl sites for hydroxylation is 2. The maximum Gasteiger partial charge on any atom is 0.330 e. The summed E-state index contributed by atoms with van der Waals surface area (Å²) in [6.45, 7) is 2.40. The molecule has 0 saturated carbocycles. The van der Waals surface area contributed by atoms with E-state index in [9.17, 15) is 19.2 Å². The highest BCUT2D eigenvalue weighted by molar-refractivity contribution is 5.90. The van der Waals surface area contributed by atoms with Crippen LogP contribution in [0, 0.1) is 6.92 Å². The number of hydrogen-bond acceptors (Lipinski definition) is 12. The van der Waals surface area contributed by atoms with Crippen molar-refractivity contribution in [2.75, 3.05) is 55.7 Å². The van der Waals surface area contributed by atoms with E-state index in [4.69, 9.17) is 37.9 Å². The van der Waals surface area contributed by atoms with Crippen LogP contribution in [0.3, 0.4) is 0 Å². The summed E-state index contributed by atoms with van der Waals surface area (Å²) in [6.07, 6.45) is 0.488. The molecule has 16 heteroatoms. The van der Waals surface area contributed by atoms with Crippen LogP contribution in [-0.2, 0) is 22.7 Å². The van der Waals surface area contributed by atoms with E-state index in [2.05, 4.69) is 0 Å². The molecule has 2 aliphatic rings. The van der Waals surface area contributed by atoms with Crippen LogP contribution in [0.2, 0.25) is 0 Å². The summed E-state index contributed by atoms with van der Waals surface area (Å²) in [5.74, 6) is 3.08. The lowest BCUT2D eigenvalue weighted by Crippen LogP contribution is -2.61. The molecule has 2 aliphatic heterocycles. The monoisotopic (exact) mass is 864 g/mol. The Kier molecular flexibility index (Phi) is 13.5. The summed E-state index contributed by atoms with van der Waals surface area (Å²) in [5, 5.41) is 0.